The van der Waals surface area contributed by atoms with E-state index in [1.165, 1.54) is 109 Å². The number of methoxy groups -OCH3 is 2. The van der Waals surface area contributed by atoms with Gasteiger partial charge in [0.05, 0.1) is 0 Å². The van der Waals surface area contributed by atoms with E-state index >= 15 is 0 Å². The number of rotatable bonds is 13. The molecule has 0 amide bonds. The molecule has 2 aliphatic rings. The number of unbranched alkanes of at least 4 members (excludes halogenated alkanes) is 5. The summed E-state index contributed by atoms with van der Waals surface area (Å²) >= 11 is 0. The zero-order valence-corrected chi connectivity index (χ0v) is 18.6. The van der Waals surface area contributed by atoms with Crippen LogP contribution in [0.2, 0.25) is 0 Å². The van der Waals surface area contributed by atoms with Crippen LogP contribution in [0, 0.1) is 11.8 Å². The van der Waals surface area contributed by atoms with Crippen LogP contribution in [-0.4, -0.2) is 26.2 Å². The molecule has 0 spiro atoms. The van der Waals surface area contributed by atoms with Gasteiger partial charge in [0.2, 0.25) is 5.91 Å². The second-order valence-corrected chi connectivity index (χ2v) is 9.12. The third-order valence-corrected chi connectivity index (χ3v) is 7.19. The van der Waals surface area contributed by atoms with Gasteiger partial charge in [0.1, 0.15) is 0 Å². The fourth-order valence-corrected chi connectivity index (χ4v) is 5.56. The number of ether oxygens (including phenoxy) is 2. The van der Waals surface area contributed by atoms with E-state index in [9.17, 15) is 0 Å². The maximum atomic E-state index is 6.17. The second kappa shape index (κ2) is 13.2. The summed E-state index contributed by atoms with van der Waals surface area (Å²) in [5.74, 6) is 0.624. The molecule has 0 heterocycles. The van der Waals surface area contributed by atoms with Crippen LogP contribution in [0.5, 0.6) is 0 Å². The smallest absolute Gasteiger partial charge is 0.230 e. The average molecular weight is 382 g/mol. The zero-order chi connectivity index (χ0) is 19.4. The van der Waals surface area contributed by atoms with E-state index in [2.05, 4.69) is 12.2 Å². The lowest BCUT2D eigenvalue weighted by Gasteiger charge is -2.46. The lowest BCUT2D eigenvalue weighted by Crippen LogP contribution is -2.60. The molecule has 1 N–H and O–H groups in total. The monoisotopic (exact) mass is 381 g/mol. The van der Waals surface area contributed by atoms with Crippen molar-refractivity contribution in [1.82, 2.24) is 5.32 Å². The lowest BCUT2D eigenvalue weighted by atomic mass is 9.75. The Morgan fingerprint density at radius 2 is 1.33 bits per heavy atom. The van der Waals surface area contributed by atoms with Gasteiger partial charge < -0.3 is 9.47 Å². The van der Waals surface area contributed by atoms with Crippen molar-refractivity contribution in [2.45, 2.75) is 128 Å². The number of hydrogen-bond donors (Lipinski definition) is 1. The van der Waals surface area contributed by atoms with E-state index in [0.717, 1.165) is 5.92 Å². The minimum Gasteiger partial charge on any atom is -0.341 e. The van der Waals surface area contributed by atoms with E-state index in [1.807, 2.05) is 14.2 Å². The van der Waals surface area contributed by atoms with Crippen LogP contribution >= 0.6 is 0 Å². The van der Waals surface area contributed by atoms with E-state index in [4.69, 9.17) is 9.47 Å². The summed E-state index contributed by atoms with van der Waals surface area (Å²) in [5, 5.41) is 3.88. The van der Waals surface area contributed by atoms with Crippen molar-refractivity contribution in [2.75, 3.05) is 14.2 Å². The standard InChI is InChI=1S/C24H47NO2/c1-4-5-6-7-8-15-20-23(21-16-11-9-12-17-21)24(26-2,27-3)25-22-18-13-10-14-19-22/h21-23,25H,4-20H2,1-3H3. The van der Waals surface area contributed by atoms with Crippen molar-refractivity contribution < 1.29 is 9.47 Å². The largest absolute Gasteiger partial charge is 0.341 e. The first-order chi connectivity index (χ1) is 13.3. The lowest BCUT2D eigenvalue weighted by molar-refractivity contribution is -0.278. The molecule has 3 nitrogen and oxygen atoms in total. The molecule has 0 bridgehead atoms. The summed E-state index contributed by atoms with van der Waals surface area (Å²) in [7, 11) is 3.72. The fraction of sp³-hybridized carbons (Fsp3) is 1.00. The fourth-order valence-electron chi connectivity index (χ4n) is 5.56. The molecule has 0 saturated heterocycles. The first-order valence-corrected chi connectivity index (χ1v) is 12.1. The van der Waals surface area contributed by atoms with Crippen LogP contribution < -0.4 is 5.32 Å². The SMILES string of the molecule is CCCCCCCCC(C1CCCCC1)C(NC1CCCCC1)(OC)OC. The Bertz CT molecular complexity index is 357. The van der Waals surface area contributed by atoms with Gasteiger partial charge in [0.15, 0.2) is 0 Å². The molecule has 2 rings (SSSR count). The van der Waals surface area contributed by atoms with Gasteiger partial charge in [0.25, 0.3) is 0 Å². The Kier molecular flexibility index (Phi) is 11.3. The minimum absolute atomic E-state index is 0.473. The molecule has 1 unspecified atom stereocenters. The van der Waals surface area contributed by atoms with Crippen LogP contribution in [-0.2, 0) is 9.47 Å². The number of hydrogen-bond acceptors (Lipinski definition) is 3. The third kappa shape index (κ3) is 7.33. The molecule has 2 saturated carbocycles. The van der Waals surface area contributed by atoms with Gasteiger partial charge in [-0.15, -0.1) is 0 Å². The Morgan fingerprint density at radius 3 is 1.93 bits per heavy atom. The van der Waals surface area contributed by atoms with Crippen LogP contribution in [0.25, 0.3) is 0 Å². The first kappa shape index (κ1) is 23.2. The van der Waals surface area contributed by atoms with Crippen molar-refractivity contribution in [3.63, 3.8) is 0 Å². The molecule has 3 heteroatoms. The molecular weight excluding hydrogens is 334 g/mol. The highest BCUT2D eigenvalue weighted by Gasteiger charge is 2.45. The normalized spacial score (nSPS) is 21.4. The third-order valence-electron chi connectivity index (χ3n) is 7.19. The predicted molar refractivity (Wildman–Crippen MR) is 115 cm³/mol. The highest BCUT2D eigenvalue weighted by Crippen LogP contribution is 2.40. The maximum absolute atomic E-state index is 6.17. The molecule has 160 valence electrons. The molecule has 1 atom stereocenters. The maximum Gasteiger partial charge on any atom is 0.230 e. The molecule has 0 aliphatic heterocycles. The van der Waals surface area contributed by atoms with Crippen molar-refractivity contribution in [2.24, 2.45) is 11.8 Å². The van der Waals surface area contributed by atoms with E-state index in [0.29, 0.717) is 12.0 Å². The van der Waals surface area contributed by atoms with Crippen LogP contribution in [0.1, 0.15) is 116 Å². The van der Waals surface area contributed by atoms with Gasteiger partial charge in [0, 0.05) is 26.2 Å². The molecule has 0 aromatic rings. The van der Waals surface area contributed by atoms with Crippen LogP contribution in [0.15, 0.2) is 0 Å². The topological polar surface area (TPSA) is 30.5 Å². The predicted octanol–water partition coefficient (Wildman–Crippen LogP) is 6.80. The first-order valence-electron chi connectivity index (χ1n) is 12.1. The van der Waals surface area contributed by atoms with Crippen LogP contribution in [0.3, 0.4) is 0 Å². The molecule has 0 aromatic heterocycles. The summed E-state index contributed by atoms with van der Waals surface area (Å²) in [6, 6.07) is 0.550. The Hall–Kier alpha value is -0.120. The van der Waals surface area contributed by atoms with Crippen molar-refractivity contribution in [1.29, 1.82) is 0 Å². The van der Waals surface area contributed by atoms with E-state index < -0.39 is 5.91 Å². The van der Waals surface area contributed by atoms with Crippen molar-refractivity contribution >= 4 is 0 Å². The average Bonchev–Trinajstić information content (AvgIpc) is 2.73. The summed E-state index contributed by atoms with van der Waals surface area (Å²) < 4.78 is 12.3. The minimum atomic E-state index is -0.590. The van der Waals surface area contributed by atoms with Crippen molar-refractivity contribution in [3.05, 3.63) is 0 Å². The highest BCUT2D eigenvalue weighted by atomic mass is 16.7. The van der Waals surface area contributed by atoms with Gasteiger partial charge >= 0.3 is 0 Å². The molecule has 0 radical (unpaired) electrons. The molecule has 2 fully saturated rings. The van der Waals surface area contributed by atoms with Crippen LogP contribution in [0.4, 0.5) is 0 Å². The summed E-state index contributed by atoms with van der Waals surface area (Å²) in [4.78, 5) is 0. The number of nitrogens with one attached hydrogen (secondary N) is 1. The molecular formula is C24H47NO2. The zero-order valence-electron chi connectivity index (χ0n) is 18.6. The summed E-state index contributed by atoms with van der Waals surface area (Å²) in [5.41, 5.74) is 0. The summed E-state index contributed by atoms with van der Waals surface area (Å²) in [6.45, 7) is 2.29. The Balaban J connectivity index is 2.01. The molecule has 2 aliphatic carbocycles. The van der Waals surface area contributed by atoms with Gasteiger partial charge in [-0.1, -0.05) is 84.0 Å². The van der Waals surface area contributed by atoms with E-state index in [-0.39, 0.29) is 0 Å². The van der Waals surface area contributed by atoms with Crippen molar-refractivity contribution in [3.8, 4) is 0 Å². The Labute approximate surface area is 169 Å². The Morgan fingerprint density at radius 1 is 0.778 bits per heavy atom. The van der Waals surface area contributed by atoms with E-state index in [1.54, 1.807) is 0 Å². The molecule has 27 heavy (non-hydrogen) atoms. The van der Waals surface area contributed by atoms with Gasteiger partial charge in [-0.05, 0) is 38.0 Å². The quantitative estimate of drug-likeness (QED) is 0.281. The second-order valence-electron chi connectivity index (χ2n) is 9.12. The molecule has 0 aromatic carbocycles. The van der Waals surface area contributed by atoms with Gasteiger partial charge in [-0.3, -0.25) is 5.32 Å². The highest BCUT2D eigenvalue weighted by molar-refractivity contribution is 4.88. The van der Waals surface area contributed by atoms with Gasteiger partial charge in [-0.25, -0.2) is 0 Å². The summed E-state index contributed by atoms with van der Waals surface area (Å²) in [6.07, 6.45) is 22.8. The van der Waals surface area contributed by atoms with Gasteiger partial charge in [-0.2, -0.15) is 0 Å².